The highest BCUT2D eigenvalue weighted by molar-refractivity contribution is 5.98. The molecule has 254 valence electrons. The highest BCUT2D eigenvalue weighted by atomic mass is 16.5. The third-order valence-electron chi connectivity index (χ3n) is 9.60. The number of carbonyl (C=O) groups excluding carboxylic acids is 5. The molecule has 3 atom stereocenters. The number of amides is 5. The van der Waals surface area contributed by atoms with Gasteiger partial charge in [0.1, 0.15) is 24.2 Å². The number of benzene rings is 3. The van der Waals surface area contributed by atoms with Gasteiger partial charge in [-0.05, 0) is 52.6 Å². The molecule has 0 bridgehead atoms. The van der Waals surface area contributed by atoms with Crippen molar-refractivity contribution in [2.45, 2.75) is 63.1 Å². The van der Waals surface area contributed by atoms with Crippen LogP contribution < -0.4 is 27.4 Å². The molecule has 0 fully saturated rings. The van der Waals surface area contributed by atoms with E-state index in [1.165, 1.54) is 0 Å². The van der Waals surface area contributed by atoms with Gasteiger partial charge in [0.2, 0.25) is 23.6 Å². The minimum absolute atomic E-state index is 0.0568. The van der Waals surface area contributed by atoms with Gasteiger partial charge < -0.3 is 37.1 Å². The van der Waals surface area contributed by atoms with Gasteiger partial charge in [0.05, 0.1) is 6.42 Å². The Bertz CT molecular complexity index is 1910. The Morgan fingerprint density at radius 1 is 0.898 bits per heavy atom. The Morgan fingerprint density at radius 2 is 1.53 bits per heavy atom. The van der Waals surface area contributed by atoms with Gasteiger partial charge in [-0.25, -0.2) is 4.79 Å². The van der Waals surface area contributed by atoms with Crippen molar-refractivity contribution in [2.75, 3.05) is 6.61 Å². The fraction of sp³-hybridized carbons (Fsp3) is 0.324. The average molecular weight is 665 g/mol. The van der Waals surface area contributed by atoms with Crippen LogP contribution in [0.3, 0.4) is 0 Å². The molecule has 1 heterocycles. The predicted molar refractivity (Wildman–Crippen MR) is 183 cm³/mol. The number of aromatic nitrogens is 1. The molecule has 2 aliphatic carbocycles. The summed E-state index contributed by atoms with van der Waals surface area (Å²) < 4.78 is 5.88. The molecule has 3 aromatic carbocycles. The molecule has 49 heavy (non-hydrogen) atoms. The van der Waals surface area contributed by atoms with E-state index in [9.17, 15) is 24.0 Å². The highest BCUT2D eigenvalue weighted by Crippen LogP contribution is 2.44. The van der Waals surface area contributed by atoms with E-state index >= 15 is 0 Å². The number of nitrogens with two attached hydrogens (primary N) is 2. The number of hydrogen-bond acceptors (Lipinski definition) is 6. The van der Waals surface area contributed by atoms with E-state index in [4.69, 9.17) is 16.2 Å². The molecule has 6 rings (SSSR count). The molecule has 0 radical (unpaired) electrons. The summed E-state index contributed by atoms with van der Waals surface area (Å²) in [6, 6.07) is 21.3. The number of nitrogens with one attached hydrogen (secondary N) is 4. The van der Waals surface area contributed by atoms with Gasteiger partial charge in [0, 0.05) is 28.9 Å². The third kappa shape index (κ3) is 6.58. The van der Waals surface area contributed by atoms with E-state index in [-0.39, 0.29) is 25.4 Å². The number of primary amides is 2. The number of H-pyrrole nitrogens is 1. The van der Waals surface area contributed by atoms with Gasteiger partial charge in [0.25, 0.3) is 0 Å². The number of ether oxygens (including phenoxy) is 1. The van der Waals surface area contributed by atoms with Crippen LogP contribution in [0.5, 0.6) is 0 Å². The van der Waals surface area contributed by atoms with Gasteiger partial charge in [-0.15, -0.1) is 0 Å². The summed E-state index contributed by atoms with van der Waals surface area (Å²) in [5, 5.41) is 9.11. The lowest BCUT2D eigenvalue weighted by molar-refractivity contribution is -0.135. The molecule has 0 saturated carbocycles. The number of aromatic amines is 1. The summed E-state index contributed by atoms with van der Waals surface area (Å²) >= 11 is 0. The Labute approximate surface area is 283 Å². The average Bonchev–Trinajstić information content (AvgIpc) is 3.60. The van der Waals surface area contributed by atoms with Crippen LogP contribution in [0.15, 0.2) is 72.8 Å². The Balaban J connectivity index is 1.26. The lowest BCUT2D eigenvalue weighted by Gasteiger charge is -2.38. The molecule has 0 saturated heterocycles. The lowest BCUT2D eigenvalue weighted by atomic mass is 9.78. The van der Waals surface area contributed by atoms with E-state index in [1.807, 2.05) is 60.7 Å². The molecule has 12 nitrogen and oxygen atoms in total. The zero-order chi connectivity index (χ0) is 34.9. The van der Waals surface area contributed by atoms with Crippen molar-refractivity contribution in [1.82, 2.24) is 20.9 Å². The van der Waals surface area contributed by atoms with Crippen LogP contribution in [0.25, 0.3) is 22.0 Å². The maximum Gasteiger partial charge on any atom is 0.408 e. The topological polar surface area (TPSA) is 198 Å². The number of para-hydroxylation sites is 1. The standard InChI is InChI=1S/C37H40N6O6/c1-20(2)32(34(46)41-30(33(39)45)17-31(38)44)42-35(47)37(16-15-29-26(18-37)25-13-7-8-14-28(25)40-29)43-36(48)49-19-27-23-11-5-3-9-21(23)22-10-4-6-12-24(22)27/h3-14,20,27,30,32,40H,15-19H2,1-2H3,(H2,38,44)(H2,39,45)(H,41,46)(H,42,47)(H,43,48)/t30-,32-,37+/m0/s1. The molecule has 8 N–H and O–H groups in total. The lowest BCUT2D eigenvalue weighted by Crippen LogP contribution is -2.65. The Morgan fingerprint density at radius 3 is 2.16 bits per heavy atom. The second-order valence-electron chi connectivity index (χ2n) is 13.2. The van der Waals surface area contributed by atoms with Crippen LogP contribution in [0.2, 0.25) is 0 Å². The number of fused-ring (bicyclic) bond motifs is 6. The number of hydrogen-bond donors (Lipinski definition) is 6. The largest absolute Gasteiger partial charge is 0.449 e. The predicted octanol–water partition coefficient (Wildman–Crippen LogP) is 2.92. The zero-order valence-electron chi connectivity index (χ0n) is 27.4. The van der Waals surface area contributed by atoms with Crippen molar-refractivity contribution in [1.29, 1.82) is 0 Å². The Kier molecular flexibility index (Phi) is 9.14. The van der Waals surface area contributed by atoms with Crippen LogP contribution in [0, 0.1) is 5.92 Å². The molecule has 0 unspecified atom stereocenters. The van der Waals surface area contributed by atoms with E-state index in [0.29, 0.717) is 6.42 Å². The Hall–Kier alpha value is -5.65. The minimum Gasteiger partial charge on any atom is -0.449 e. The maximum absolute atomic E-state index is 14.4. The monoisotopic (exact) mass is 664 g/mol. The minimum atomic E-state index is -1.48. The normalized spacial score (nSPS) is 17.7. The smallest absolute Gasteiger partial charge is 0.408 e. The van der Waals surface area contributed by atoms with Crippen molar-refractivity contribution in [3.63, 3.8) is 0 Å². The van der Waals surface area contributed by atoms with Crippen LogP contribution >= 0.6 is 0 Å². The van der Waals surface area contributed by atoms with Crippen molar-refractivity contribution in [3.05, 3.63) is 95.2 Å². The third-order valence-corrected chi connectivity index (χ3v) is 9.60. The SMILES string of the molecule is CC(C)[C@H](NC(=O)[C@@]1(NC(=O)OCC2c3ccccc3-c3ccccc32)CCc2[nH]c3ccccc3c2C1)C(=O)N[C@@H](CC(N)=O)C(N)=O. The zero-order valence-corrected chi connectivity index (χ0v) is 27.4. The molecule has 4 aromatic rings. The van der Waals surface area contributed by atoms with Crippen molar-refractivity contribution >= 4 is 40.6 Å². The van der Waals surface area contributed by atoms with Gasteiger partial charge in [-0.2, -0.15) is 0 Å². The summed E-state index contributed by atoms with van der Waals surface area (Å²) in [4.78, 5) is 68.4. The summed E-state index contributed by atoms with van der Waals surface area (Å²) in [7, 11) is 0. The first-order valence-electron chi connectivity index (χ1n) is 16.4. The van der Waals surface area contributed by atoms with Crippen LogP contribution in [-0.4, -0.2) is 58.9 Å². The number of rotatable bonds is 11. The van der Waals surface area contributed by atoms with Crippen LogP contribution in [-0.2, 0) is 36.8 Å². The first kappa shape index (κ1) is 33.3. The maximum atomic E-state index is 14.4. The van der Waals surface area contributed by atoms with E-state index in [0.717, 1.165) is 44.4 Å². The molecule has 0 aliphatic heterocycles. The number of alkyl carbamates (subject to hydrolysis) is 1. The summed E-state index contributed by atoms with van der Waals surface area (Å²) in [5.41, 5.74) is 16.2. The molecule has 12 heteroatoms. The van der Waals surface area contributed by atoms with E-state index in [1.54, 1.807) is 13.8 Å². The second-order valence-corrected chi connectivity index (χ2v) is 13.2. The van der Waals surface area contributed by atoms with Gasteiger partial charge in [-0.3, -0.25) is 19.2 Å². The quantitative estimate of drug-likeness (QED) is 0.142. The molecular formula is C37H40N6O6. The number of carbonyl (C=O) groups is 5. The van der Waals surface area contributed by atoms with Gasteiger partial charge in [0.15, 0.2) is 0 Å². The van der Waals surface area contributed by atoms with Gasteiger partial charge >= 0.3 is 6.09 Å². The fourth-order valence-corrected chi connectivity index (χ4v) is 7.09. The fourth-order valence-electron chi connectivity index (χ4n) is 7.09. The number of aryl methyl sites for hydroxylation is 1. The van der Waals surface area contributed by atoms with Crippen LogP contribution in [0.1, 0.15) is 55.0 Å². The summed E-state index contributed by atoms with van der Waals surface area (Å²) in [6.07, 6.45) is -0.444. The first-order valence-corrected chi connectivity index (χ1v) is 16.4. The second kappa shape index (κ2) is 13.5. The van der Waals surface area contributed by atoms with E-state index in [2.05, 4.69) is 33.1 Å². The molecule has 5 amide bonds. The first-order chi connectivity index (χ1) is 23.5. The molecule has 2 aliphatic rings. The molecule has 1 aromatic heterocycles. The summed E-state index contributed by atoms with van der Waals surface area (Å²) in [6.45, 7) is 3.51. The van der Waals surface area contributed by atoms with Crippen molar-refractivity contribution in [2.24, 2.45) is 17.4 Å². The molecule has 0 spiro atoms. The molecular weight excluding hydrogens is 624 g/mol. The van der Waals surface area contributed by atoms with Crippen molar-refractivity contribution in [3.8, 4) is 11.1 Å². The van der Waals surface area contributed by atoms with Crippen LogP contribution in [0.4, 0.5) is 4.79 Å². The highest BCUT2D eigenvalue weighted by Gasteiger charge is 2.46. The van der Waals surface area contributed by atoms with Gasteiger partial charge in [-0.1, -0.05) is 80.6 Å². The van der Waals surface area contributed by atoms with E-state index < -0.39 is 59.7 Å². The summed E-state index contributed by atoms with van der Waals surface area (Å²) in [5.74, 6) is -3.68. The van der Waals surface area contributed by atoms with Crippen molar-refractivity contribution < 1.29 is 28.7 Å².